The molecule has 0 fully saturated rings. The molecule has 3 rings (SSSR count). The summed E-state index contributed by atoms with van der Waals surface area (Å²) in [5.41, 5.74) is 2.84. The molecule has 0 aliphatic rings. The summed E-state index contributed by atoms with van der Waals surface area (Å²) in [6.07, 6.45) is 0. The fraction of sp³-hybridized carbons (Fsp3) is 0.0476. The van der Waals surface area contributed by atoms with Crippen molar-refractivity contribution in [3.8, 4) is 0 Å². The van der Waals surface area contributed by atoms with Crippen molar-refractivity contribution in [2.75, 3.05) is 12.0 Å². The minimum Gasteiger partial charge on any atom is -0.455 e. The number of nitro benzene ring substituents is 2. The van der Waals surface area contributed by atoms with Gasteiger partial charge in [0.1, 0.15) is 18.0 Å². The number of carbonyl (C=O) groups excluding carboxylic acids is 1. The molecule has 0 amide bonds. The van der Waals surface area contributed by atoms with Crippen LogP contribution in [0.2, 0.25) is 0 Å². The lowest BCUT2D eigenvalue weighted by Crippen LogP contribution is -2.17. The van der Waals surface area contributed by atoms with Gasteiger partial charge in [-0.2, -0.15) is 5.10 Å². The number of rotatable bonds is 8. The number of hydrogen-bond donors (Lipinski definition) is 1. The van der Waals surface area contributed by atoms with Gasteiger partial charge in [-0.3, -0.25) is 25.7 Å². The third-order valence-electron chi connectivity index (χ3n) is 4.23. The van der Waals surface area contributed by atoms with Crippen LogP contribution in [0, 0.1) is 20.2 Å². The van der Waals surface area contributed by atoms with E-state index in [-0.39, 0.29) is 12.3 Å². The Labute approximate surface area is 190 Å². The van der Waals surface area contributed by atoms with Gasteiger partial charge in [-0.15, -0.1) is 0 Å². The molecule has 3 aromatic carbocycles. The number of benzene rings is 3. The van der Waals surface area contributed by atoms with Crippen molar-refractivity contribution in [3.05, 3.63) is 109 Å². The molecule has 0 heterocycles. The summed E-state index contributed by atoms with van der Waals surface area (Å²) in [6.45, 7) is -0.216. The Hall–Kier alpha value is -4.12. The van der Waals surface area contributed by atoms with Crippen LogP contribution in [0.1, 0.15) is 15.9 Å². The Balaban J connectivity index is 1.85. The Morgan fingerprint density at radius 3 is 2.25 bits per heavy atom. The van der Waals surface area contributed by atoms with E-state index in [1.807, 2.05) is 0 Å². The summed E-state index contributed by atoms with van der Waals surface area (Å²) < 4.78 is 6.17. The van der Waals surface area contributed by atoms with Crippen LogP contribution >= 0.6 is 15.9 Å². The van der Waals surface area contributed by atoms with E-state index in [0.29, 0.717) is 16.8 Å². The van der Waals surface area contributed by atoms with Gasteiger partial charge >= 0.3 is 11.7 Å². The first-order chi connectivity index (χ1) is 15.3. The molecular formula is C21H15BrN4O6. The predicted octanol–water partition coefficient (Wildman–Crippen LogP) is 4.94. The zero-order valence-electron chi connectivity index (χ0n) is 16.3. The second kappa shape index (κ2) is 10.3. The molecular weight excluding hydrogens is 484 g/mol. The molecule has 0 atom stereocenters. The van der Waals surface area contributed by atoms with Crippen molar-refractivity contribution in [1.82, 2.24) is 0 Å². The molecule has 3 aromatic rings. The topological polar surface area (TPSA) is 137 Å². The van der Waals surface area contributed by atoms with E-state index in [1.54, 1.807) is 54.6 Å². The van der Waals surface area contributed by atoms with Gasteiger partial charge in [0.15, 0.2) is 0 Å². The van der Waals surface area contributed by atoms with Crippen molar-refractivity contribution >= 4 is 44.7 Å². The Morgan fingerprint density at radius 1 is 0.938 bits per heavy atom. The summed E-state index contributed by atoms with van der Waals surface area (Å²) in [7, 11) is 0. The Morgan fingerprint density at radius 2 is 1.62 bits per heavy atom. The predicted molar refractivity (Wildman–Crippen MR) is 121 cm³/mol. The first-order valence-electron chi connectivity index (χ1n) is 9.08. The van der Waals surface area contributed by atoms with Crippen molar-refractivity contribution < 1.29 is 19.4 Å². The van der Waals surface area contributed by atoms with E-state index >= 15 is 0 Å². The highest BCUT2D eigenvalue weighted by atomic mass is 79.9. The number of nitrogens with one attached hydrogen (secondary N) is 1. The van der Waals surface area contributed by atoms with Gasteiger partial charge in [-0.05, 0) is 30.3 Å². The van der Waals surface area contributed by atoms with Gasteiger partial charge in [0.25, 0.3) is 5.69 Å². The number of anilines is 1. The molecule has 0 aliphatic heterocycles. The fourth-order valence-corrected chi connectivity index (χ4v) is 2.89. The maximum atomic E-state index is 12.3. The quantitative estimate of drug-likeness (QED) is 0.201. The van der Waals surface area contributed by atoms with Crippen LogP contribution in [0.4, 0.5) is 17.1 Å². The van der Waals surface area contributed by atoms with E-state index in [9.17, 15) is 25.0 Å². The lowest BCUT2D eigenvalue weighted by atomic mass is 10.1. The first-order valence-corrected chi connectivity index (χ1v) is 9.88. The summed E-state index contributed by atoms with van der Waals surface area (Å²) in [5, 5.41) is 26.4. The Kier molecular flexibility index (Phi) is 7.24. The zero-order chi connectivity index (χ0) is 23.1. The van der Waals surface area contributed by atoms with Crippen LogP contribution in [-0.4, -0.2) is 28.1 Å². The highest BCUT2D eigenvalue weighted by Crippen LogP contribution is 2.29. The molecule has 0 aromatic heterocycles. The second-order valence-corrected chi connectivity index (χ2v) is 7.25. The van der Waals surface area contributed by atoms with Crippen LogP contribution < -0.4 is 5.43 Å². The van der Waals surface area contributed by atoms with E-state index in [4.69, 9.17) is 4.74 Å². The van der Waals surface area contributed by atoms with Crippen LogP contribution in [0.3, 0.4) is 0 Å². The van der Waals surface area contributed by atoms with E-state index < -0.39 is 27.2 Å². The van der Waals surface area contributed by atoms with Crippen molar-refractivity contribution in [2.45, 2.75) is 0 Å². The monoisotopic (exact) mass is 498 g/mol. The number of halogens is 1. The number of carbonyl (C=O) groups is 1. The number of non-ortho nitro benzene ring substituents is 1. The van der Waals surface area contributed by atoms with Gasteiger partial charge in [0.2, 0.25) is 0 Å². The number of hydrazone groups is 1. The Bertz CT molecular complexity index is 1180. The van der Waals surface area contributed by atoms with Gasteiger partial charge in [0.05, 0.1) is 21.5 Å². The SMILES string of the molecule is O=C(OCC(=NNc1ccc([N+](=O)[O-])cc1[N+](=O)[O-])c1ccccc1)c1ccc(Br)cc1. The minimum atomic E-state index is -0.749. The van der Waals surface area contributed by atoms with Gasteiger partial charge < -0.3 is 4.74 Å². The molecule has 11 heteroatoms. The molecule has 10 nitrogen and oxygen atoms in total. The number of nitro groups is 2. The van der Waals surface area contributed by atoms with E-state index in [0.717, 1.165) is 16.6 Å². The summed E-state index contributed by atoms with van der Waals surface area (Å²) >= 11 is 3.29. The molecule has 0 aliphatic carbocycles. The number of esters is 1. The standard InChI is InChI=1S/C21H15BrN4O6/c22-16-8-6-15(7-9-16)21(27)32-13-19(14-4-2-1-3-5-14)24-23-18-11-10-17(25(28)29)12-20(18)26(30)31/h1-12,23H,13H2. The third kappa shape index (κ3) is 5.73. The van der Waals surface area contributed by atoms with Crippen molar-refractivity contribution in [1.29, 1.82) is 0 Å². The third-order valence-corrected chi connectivity index (χ3v) is 4.76. The van der Waals surface area contributed by atoms with Crippen molar-refractivity contribution in [2.24, 2.45) is 5.10 Å². The van der Waals surface area contributed by atoms with Gasteiger partial charge in [-0.1, -0.05) is 46.3 Å². The fourth-order valence-electron chi connectivity index (χ4n) is 2.62. The highest BCUT2D eigenvalue weighted by Gasteiger charge is 2.19. The minimum absolute atomic E-state index is 0.0479. The zero-order valence-corrected chi connectivity index (χ0v) is 17.9. The van der Waals surface area contributed by atoms with Crippen LogP contribution in [0.5, 0.6) is 0 Å². The molecule has 0 saturated heterocycles. The lowest BCUT2D eigenvalue weighted by Gasteiger charge is -2.10. The van der Waals surface area contributed by atoms with E-state index in [1.165, 1.54) is 6.07 Å². The summed E-state index contributed by atoms with van der Waals surface area (Å²) in [6, 6.07) is 18.6. The normalized spacial score (nSPS) is 11.0. The largest absolute Gasteiger partial charge is 0.455 e. The van der Waals surface area contributed by atoms with Crippen LogP contribution in [-0.2, 0) is 4.74 Å². The van der Waals surface area contributed by atoms with Gasteiger partial charge in [-0.25, -0.2) is 4.79 Å². The average Bonchev–Trinajstić information content (AvgIpc) is 2.79. The molecule has 0 spiro atoms. The lowest BCUT2D eigenvalue weighted by molar-refractivity contribution is -0.393. The van der Waals surface area contributed by atoms with Crippen LogP contribution in [0.25, 0.3) is 0 Å². The molecule has 0 bridgehead atoms. The summed E-state index contributed by atoms with van der Waals surface area (Å²) in [4.78, 5) is 33.1. The molecule has 0 unspecified atom stereocenters. The van der Waals surface area contributed by atoms with Gasteiger partial charge in [0, 0.05) is 16.1 Å². The number of ether oxygens (including phenoxy) is 1. The second-order valence-electron chi connectivity index (χ2n) is 6.34. The average molecular weight is 499 g/mol. The first kappa shape index (κ1) is 22.6. The molecule has 162 valence electrons. The molecule has 32 heavy (non-hydrogen) atoms. The molecule has 0 saturated carbocycles. The maximum absolute atomic E-state index is 12.3. The molecule has 0 radical (unpaired) electrons. The number of hydrogen-bond acceptors (Lipinski definition) is 8. The molecule has 1 N–H and O–H groups in total. The van der Waals surface area contributed by atoms with Crippen LogP contribution in [0.15, 0.2) is 82.4 Å². The van der Waals surface area contributed by atoms with Crippen molar-refractivity contribution in [3.63, 3.8) is 0 Å². The number of nitrogens with zero attached hydrogens (tertiary/aromatic N) is 3. The maximum Gasteiger partial charge on any atom is 0.338 e. The van der Waals surface area contributed by atoms with E-state index in [2.05, 4.69) is 26.5 Å². The highest BCUT2D eigenvalue weighted by molar-refractivity contribution is 9.10. The summed E-state index contributed by atoms with van der Waals surface area (Å²) in [5.74, 6) is -0.567. The smallest absolute Gasteiger partial charge is 0.338 e.